The van der Waals surface area contributed by atoms with Crippen molar-refractivity contribution in [3.05, 3.63) is 83.4 Å². The molecule has 3 aromatic carbocycles. The zero-order valence-corrected chi connectivity index (χ0v) is 19.1. The van der Waals surface area contributed by atoms with Gasteiger partial charge in [0.2, 0.25) is 0 Å². The molecule has 2 atom stereocenters. The molecule has 0 saturated heterocycles. The van der Waals surface area contributed by atoms with Crippen molar-refractivity contribution in [3.8, 4) is 11.5 Å². The molecule has 0 amide bonds. The maximum atomic E-state index is 12.8. The summed E-state index contributed by atoms with van der Waals surface area (Å²) in [4.78, 5) is 12.8. The minimum absolute atomic E-state index is 0.0973. The van der Waals surface area contributed by atoms with E-state index >= 15 is 0 Å². The molecule has 4 rings (SSSR count). The summed E-state index contributed by atoms with van der Waals surface area (Å²) in [6.07, 6.45) is 0.543. The molecule has 0 spiro atoms. The number of esters is 1. The van der Waals surface area contributed by atoms with Gasteiger partial charge in [-0.25, -0.2) is 4.79 Å². The number of para-hydroxylation sites is 3. The van der Waals surface area contributed by atoms with Crippen LogP contribution in [0.1, 0.15) is 38.8 Å². The Morgan fingerprint density at radius 3 is 2.44 bits per heavy atom. The quantitative estimate of drug-likeness (QED) is 0.418. The fraction of sp³-hybridized carbons (Fsp3) is 0.269. The van der Waals surface area contributed by atoms with Gasteiger partial charge in [-0.2, -0.15) is 0 Å². The fourth-order valence-electron chi connectivity index (χ4n) is 3.70. The molecule has 3 aromatic rings. The van der Waals surface area contributed by atoms with E-state index in [0.717, 1.165) is 16.9 Å². The van der Waals surface area contributed by atoms with Gasteiger partial charge in [-0.05, 0) is 68.8 Å². The Morgan fingerprint density at radius 1 is 1.00 bits per heavy atom. The first-order valence-corrected chi connectivity index (χ1v) is 11.0. The number of halogens is 1. The van der Waals surface area contributed by atoms with E-state index in [0.29, 0.717) is 22.9 Å². The normalized spacial score (nSPS) is 17.6. The van der Waals surface area contributed by atoms with Crippen molar-refractivity contribution in [1.82, 2.24) is 0 Å². The number of fused-ring (bicyclic) bond motifs is 1. The molecule has 1 heterocycles. The number of anilines is 2. The Labute approximate surface area is 193 Å². The van der Waals surface area contributed by atoms with E-state index in [4.69, 9.17) is 21.1 Å². The van der Waals surface area contributed by atoms with Gasteiger partial charge < -0.3 is 20.1 Å². The number of carbonyl (C=O) groups excluding carboxylic acids is 1. The van der Waals surface area contributed by atoms with E-state index < -0.39 is 11.6 Å². The predicted octanol–water partition coefficient (Wildman–Crippen LogP) is 6.81. The van der Waals surface area contributed by atoms with Gasteiger partial charge in [0, 0.05) is 17.1 Å². The van der Waals surface area contributed by atoms with Crippen molar-refractivity contribution in [2.45, 2.75) is 44.9 Å². The minimum atomic E-state index is -0.544. The molecule has 0 aromatic heterocycles. The predicted molar refractivity (Wildman–Crippen MR) is 129 cm³/mol. The van der Waals surface area contributed by atoms with E-state index in [1.165, 1.54) is 0 Å². The molecule has 2 unspecified atom stereocenters. The Balaban J connectivity index is 1.59. The lowest BCUT2D eigenvalue weighted by Crippen LogP contribution is -2.41. The average Bonchev–Trinajstić information content (AvgIpc) is 2.75. The first-order valence-electron chi connectivity index (χ1n) is 10.7. The first-order chi connectivity index (χ1) is 15.3. The van der Waals surface area contributed by atoms with Crippen LogP contribution in [0.3, 0.4) is 0 Å². The summed E-state index contributed by atoms with van der Waals surface area (Å²) in [6.45, 7) is 5.63. The highest BCUT2D eigenvalue weighted by Gasteiger charge is 2.33. The van der Waals surface area contributed by atoms with Crippen LogP contribution in [0.2, 0.25) is 5.02 Å². The second-order valence-electron chi connectivity index (χ2n) is 8.80. The van der Waals surface area contributed by atoms with Gasteiger partial charge in [0.1, 0.15) is 17.4 Å². The molecule has 0 fully saturated rings. The zero-order chi connectivity index (χ0) is 22.7. The van der Waals surface area contributed by atoms with Gasteiger partial charge in [0.05, 0.1) is 11.7 Å². The number of ether oxygens (including phenoxy) is 2. The highest BCUT2D eigenvalue weighted by atomic mass is 35.5. The SMILES string of the molecule is CC(C)(C)OC(=O)C1CC(Nc2ccccc2Oc2ccc(Cl)cc2)c2ccccc2N1. The maximum Gasteiger partial charge on any atom is 0.329 e. The lowest BCUT2D eigenvalue weighted by Gasteiger charge is -2.34. The largest absolute Gasteiger partial charge is 0.458 e. The standard InChI is InChI=1S/C26H27ClN2O3/c1-26(2,3)32-25(30)23-16-22(19-8-4-5-9-20(19)28-23)29-21-10-6-7-11-24(21)31-18-14-12-17(27)13-15-18/h4-15,22-23,28-29H,16H2,1-3H3. The molecular weight excluding hydrogens is 424 g/mol. The number of hydrogen-bond acceptors (Lipinski definition) is 5. The van der Waals surface area contributed by atoms with Gasteiger partial charge in [0.15, 0.2) is 5.75 Å². The van der Waals surface area contributed by atoms with Crippen molar-refractivity contribution in [2.75, 3.05) is 10.6 Å². The minimum Gasteiger partial charge on any atom is -0.458 e. The summed E-state index contributed by atoms with van der Waals surface area (Å²) in [6, 6.07) is 22.5. The molecular formula is C26H27ClN2O3. The van der Waals surface area contributed by atoms with Crippen molar-refractivity contribution in [2.24, 2.45) is 0 Å². The first kappa shape index (κ1) is 22.0. The van der Waals surface area contributed by atoms with Crippen LogP contribution in [0, 0.1) is 0 Å². The summed E-state index contributed by atoms with van der Waals surface area (Å²) in [5.74, 6) is 1.13. The van der Waals surface area contributed by atoms with Crippen LogP contribution in [0.4, 0.5) is 11.4 Å². The second kappa shape index (κ2) is 9.13. The van der Waals surface area contributed by atoms with E-state index in [1.807, 2.05) is 75.4 Å². The summed E-state index contributed by atoms with van der Waals surface area (Å²) in [5.41, 5.74) is 2.31. The summed E-state index contributed by atoms with van der Waals surface area (Å²) >= 11 is 5.99. The summed E-state index contributed by atoms with van der Waals surface area (Å²) in [7, 11) is 0. The highest BCUT2D eigenvalue weighted by Crippen LogP contribution is 2.38. The molecule has 5 nitrogen and oxygen atoms in total. The topological polar surface area (TPSA) is 59.6 Å². The van der Waals surface area contributed by atoms with Crippen LogP contribution in [0.25, 0.3) is 0 Å². The number of rotatable bonds is 5. The van der Waals surface area contributed by atoms with Gasteiger partial charge >= 0.3 is 5.97 Å². The fourth-order valence-corrected chi connectivity index (χ4v) is 3.82. The third-order valence-electron chi connectivity index (χ3n) is 5.09. The molecule has 1 aliphatic rings. The van der Waals surface area contributed by atoms with Crippen LogP contribution >= 0.6 is 11.6 Å². The Bertz CT molecular complexity index is 1090. The Hall–Kier alpha value is -3.18. The molecule has 166 valence electrons. The third-order valence-corrected chi connectivity index (χ3v) is 5.34. The van der Waals surface area contributed by atoms with Crippen molar-refractivity contribution < 1.29 is 14.3 Å². The number of carbonyl (C=O) groups is 1. The molecule has 6 heteroatoms. The molecule has 0 bridgehead atoms. The maximum absolute atomic E-state index is 12.8. The molecule has 2 N–H and O–H groups in total. The van der Waals surface area contributed by atoms with Gasteiger partial charge in [-0.15, -0.1) is 0 Å². The zero-order valence-electron chi connectivity index (χ0n) is 18.4. The van der Waals surface area contributed by atoms with Crippen molar-refractivity contribution in [1.29, 1.82) is 0 Å². The lowest BCUT2D eigenvalue weighted by molar-refractivity contribution is -0.156. The van der Waals surface area contributed by atoms with Crippen molar-refractivity contribution in [3.63, 3.8) is 0 Å². The lowest BCUT2D eigenvalue weighted by atomic mass is 9.92. The molecule has 0 saturated carbocycles. The number of nitrogens with one attached hydrogen (secondary N) is 2. The van der Waals surface area contributed by atoms with Crippen LogP contribution in [-0.4, -0.2) is 17.6 Å². The van der Waals surface area contributed by atoms with E-state index in [-0.39, 0.29) is 12.0 Å². The smallest absolute Gasteiger partial charge is 0.329 e. The summed E-state index contributed by atoms with van der Waals surface area (Å²) in [5, 5.41) is 7.58. The van der Waals surface area contributed by atoms with E-state index in [1.54, 1.807) is 12.1 Å². The van der Waals surface area contributed by atoms with Crippen LogP contribution in [-0.2, 0) is 9.53 Å². The van der Waals surface area contributed by atoms with Gasteiger partial charge in [0.25, 0.3) is 0 Å². The molecule has 1 aliphatic heterocycles. The second-order valence-corrected chi connectivity index (χ2v) is 9.24. The van der Waals surface area contributed by atoms with E-state index in [2.05, 4.69) is 16.7 Å². The van der Waals surface area contributed by atoms with Crippen LogP contribution in [0.5, 0.6) is 11.5 Å². The van der Waals surface area contributed by atoms with Gasteiger partial charge in [-0.1, -0.05) is 41.9 Å². The monoisotopic (exact) mass is 450 g/mol. The molecule has 0 radical (unpaired) electrons. The average molecular weight is 451 g/mol. The third kappa shape index (κ3) is 5.35. The van der Waals surface area contributed by atoms with E-state index in [9.17, 15) is 4.79 Å². The van der Waals surface area contributed by atoms with Crippen LogP contribution in [0.15, 0.2) is 72.8 Å². The molecule has 0 aliphatic carbocycles. The van der Waals surface area contributed by atoms with Crippen LogP contribution < -0.4 is 15.4 Å². The number of benzene rings is 3. The molecule has 32 heavy (non-hydrogen) atoms. The van der Waals surface area contributed by atoms with Gasteiger partial charge in [-0.3, -0.25) is 0 Å². The Kier molecular flexibility index (Phi) is 6.28. The Morgan fingerprint density at radius 2 is 1.69 bits per heavy atom. The highest BCUT2D eigenvalue weighted by molar-refractivity contribution is 6.30. The number of hydrogen-bond donors (Lipinski definition) is 2. The summed E-state index contributed by atoms with van der Waals surface area (Å²) < 4.78 is 11.7. The van der Waals surface area contributed by atoms with Crippen molar-refractivity contribution >= 4 is 28.9 Å².